The number of urea groups is 1. The number of hydrogen-bond acceptors (Lipinski definition) is 2. The third-order valence-electron chi connectivity index (χ3n) is 3.30. The highest BCUT2D eigenvalue weighted by atomic mass is 16.5. The zero-order chi connectivity index (χ0) is 13.4. The van der Waals surface area contributed by atoms with Crippen LogP contribution in [-0.4, -0.2) is 43.3 Å². The molecule has 0 aromatic rings. The van der Waals surface area contributed by atoms with Crippen LogP contribution in [0.15, 0.2) is 25.3 Å². The van der Waals surface area contributed by atoms with Gasteiger partial charge < -0.3 is 15.0 Å². The Bertz CT molecular complexity index is 282. The Hall–Kier alpha value is -1.29. The van der Waals surface area contributed by atoms with E-state index in [0.29, 0.717) is 13.1 Å². The molecule has 102 valence electrons. The molecule has 1 aliphatic rings. The van der Waals surface area contributed by atoms with E-state index in [2.05, 4.69) is 18.5 Å². The van der Waals surface area contributed by atoms with E-state index in [1.807, 2.05) is 0 Å². The molecule has 0 spiro atoms. The van der Waals surface area contributed by atoms with E-state index in [4.69, 9.17) is 4.74 Å². The summed E-state index contributed by atoms with van der Waals surface area (Å²) in [5.74, 6) is 0. The van der Waals surface area contributed by atoms with Crippen molar-refractivity contribution in [2.75, 3.05) is 20.2 Å². The summed E-state index contributed by atoms with van der Waals surface area (Å²) >= 11 is 0. The predicted molar refractivity (Wildman–Crippen MR) is 73.6 cm³/mol. The summed E-state index contributed by atoms with van der Waals surface area (Å²) in [6.07, 6.45) is 7.90. The average molecular weight is 252 g/mol. The summed E-state index contributed by atoms with van der Waals surface area (Å²) in [6.45, 7) is 8.38. The first-order valence-electron chi connectivity index (χ1n) is 6.53. The normalized spacial score (nSPS) is 23.2. The summed E-state index contributed by atoms with van der Waals surface area (Å²) in [5, 5.41) is 3.06. The van der Waals surface area contributed by atoms with Gasteiger partial charge in [0.05, 0.1) is 12.1 Å². The second-order valence-electron chi connectivity index (χ2n) is 4.60. The van der Waals surface area contributed by atoms with Gasteiger partial charge in [0.1, 0.15) is 0 Å². The van der Waals surface area contributed by atoms with Gasteiger partial charge >= 0.3 is 6.03 Å². The fourth-order valence-corrected chi connectivity index (χ4v) is 2.35. The summed E-state index contributed by atoms with van der Waals surface area (Å²) < 4.78 is 5.43. The second kappa shape index (κ2) is 7.93. The van der Waals surface area contributed by atoms with E-state index >= 15 is 0 Å². The minimum atomic E-state index is -0.0660. The maximum absolute atomic E-state index is 12.1. The van der Waals surface area contributed by atoms with Gasteiger partial charge in [0.25, 0.3) is 0 Å². The molecule has 2 unspecified atom stereocenters. The highest BCUT2D eigenvalue weighted by Crippen LogP contribution is 2.20. The Balaban J connectivity index is 2.54. The van der Waals surface area contributed by atoms with Crippen LogP contribution in [0.5, 0.6) is 0 Å². The molecule has 1 saturated carbocycles. The number of methoxy groups -OCH3 is 1. The Kier molecular flexibility index (Phi) is 6.50. The molecule has 1 fully saturated rings. The topological polar surface area (TPSA) is 41.6 Å². The molecule has 0 aromatic carbocycles. The SMILES string of the molecule is C=CCN(CC=C)C(=O)NC1CCCCC1OC. The van der Waals surface area contributed by atoms with E-state index in [0.717, 1.165) is 19.3 Å². The monoisotopic (exact) mass is 252 g/mol. The van der Waals surface area contributed by atoms with E-state index in [9.17, 15) is 4.79 Å². The van der Waals surface area contributed by atoms with Gasteiger partial charge in [0.15, 0.2) is 0 Å². The van der Waals surface area contributed by atoms with E-state index in [1.165, 1.54) is 6.42 Å². The summed E-state index contributed by atoms with van der Waals surface area (Å²) in [5.41, 5.74) is 0. The van der Waals surface area contributed by atoms with Crippen LogP contribution in [0, 0.1) is 0 Å². The molecule has 1 aliphatic carbocycles. The third kappa shape index (κ3) is 4.18. The van der Waals surface area contributed by atoms with E-state index in [-0.39, 0.29) is 18.2 Å². The minimum Gasteiger partial charge on any atom is -0.379 e. The first kappa shape index (κ1) is 14.8. The summed E-state index contributed by atoms with van der Waals surface area (Å²) in [7, 11) is 1.71. The van der Waals surface area contributed by atoms with Crippen LogP contribution in [0.2, 0.25) is 0 Å². The van der Waals surface area contributed by atoms with Crippen LogP contribution in [0.25, 0.3) is 0 Å². The molecular formula is C14H24N2O2. The first-order valence-corrected chi connectivity index (χ1v) is 6.53. The zero-order valence-corrected chi connectivity index (χ0v) is 11.2. The largest absolute Gasteiger partial charge is 0.379 e. The van der Waals surface area contributed by atoms with Gasteiger partial charge in [-0.05, 0) is 12.8 Å². The van der Waals surface area contributed by atoms with Crippen molar-refractivity contribution in [3.63, 3.8) is 0 Å². The maximum atomic E-state index is 12.1. The molecule has 0 saturated heterocycles. The van der Waals surface area contributed by atoms with Gasteiger partial charge in [-0.15, -0.1) is 13.2 Å². The Morgan fingerprint density at radius 1 is 1.33 bits per heavy atom. The van der Waals surface area contributed by atoms with Crippen molar-refractivity contribution in [2.24, 2.45) is 0 Å². The van der Waals surface area contributed by atoms with Crippen molar-refractivity contribution in [3.8, 4) is 0 Å². The lowest BCUT2D eigenvalue weighted by atomic mass is 9.92. The van der Waals surface area contributed by atoms with Crippen LogP contribution in [0.1, 0.15) is 25.7 Å². The van der Waals surface area contributed by atoms with Crippen LogP contribution in [0.4, 0.5) is 4.79 Å². The molecule has 2 atom stereocenters. The highest BCUT2D eigenvalue weighted by Gasteiger charge is 2.27. The minimum absolute atomic E-state index is 0.0660. The van der Waals surface area contributed by atoms with Crippen molar-refractivity contribution in [3.05, 3.63) is 25.3 Å². The first-order chi connectivity index (χ1) is 8.72. The number of nitrogens with one attached hydrogen (secondary N) is 1. The fourth-order valence-electron chi connectivity index (χ4n) is 2.35. The molecule has 4 nitrogen and oxygen atoms in total. The molecule has 0 bridgehead atoms. The lowest BCUT2D eigenvalue weighted by Crippen LogP contribution is -2.51. The molecule has 1 rings (SSSR count). The molecular weight excluding hydrogens is 228 g/mol. The fraction of sp³-hybridized carbons (Fsp3) is 0.643. The van der Waals surface area contributed by atoms with Crippen molar-refractivity contribution >= 4 is 6.03 Å². The van der Waals surface area contributed by atoms with Crippen LogP contribution < -0.4 is 5.32 Å². The molecule has 18 heavy (non-hydrogen) atoms. The van der Waals surface area contributed by atoms with Gasteiger partial charge in [0, 0.05) is 20.2 Å². The van der Waals surface area contributed by atoms with E-state index < -0.39 is 0 Å². The lowest BCUT2D eigenvalue weighted by molar-refractivity contribution is 0.0435. The highest BCUT2D eigenvalue weighted by molar-refractivity contribution is 5.75. The number of ether oxygens (including phenoxy) is 1. The molecule has 4 heteroatoms. The molecule has 0 aliphatic heterocycles. The number of hydrogen-bond donors (Lipinski definition) is 1. The second-order valence-corrected chi connectivity index (χ2v) is 4.60. The van der Waals surface area contributed by atoms with E-state index in [1.54, 1.807) is 24.2 Å². The number of carbonyl (C=O) groups is 1. The number of carbonyl (C=O) groups excluding carboxylic acids is 1. The Labute approximate surface area is 110 Å². The van der Waals surface area contributed by atoms with Gasteiger partial charge in [-0.2, -0.15) is 0 Å². The van der Waals surface area contributed by atoms with Gasteiger partial charge in [0.2, 0.25) is 0 Å². The van der Waals surface area contributed by atoms with Crippen molar-refractivity contribution in [1.29, 1.82) is 0 Å². The third-order valence-corrected chi connectivity index (χ3v) is 3.30. The molecule has 0 radical (unpaired) electrons. The summed E-state index contributed by atoms with van der Waals surface area (Å²) in [6, 6.07) is 0.0529. The Morgan fingerprint density at radius 2 is 1.94 bits per heavy atom. The number of rotatable bonds is 6. The van der Waals surface area contributed by atoms with Crippen LogP contribution in [-0.2, 0) is 4.74 Å². The van der Waals surface area contributed by atoms with Crippen molar-refractivity contribution < 1.29 is 9.53 Å². The molecule has 0 heterocycles. The van der Waals surface area contributed by atoms with Crippen molar-refractivity contribution in [2.45, 2.75) is 37.8 Å². The smallest absolute Gasteiger partial charge is 0.318 e. The van der Waals surface area contributed by atoms with Crippen molar-refractivity contribution in [1.82, 2.24) is 10.2 Å². The maximum Gasteiger partial charge on any atom is 0.318 e. The van der Waals surface area contributed by atoms with Crippen LogP contribution in [0.3, 0.4) is 0 Å². The van der Waals surface area contributed by atoms with Crippen LogP contribution >= 0.6 is 0 Å². The summed E-state index contributed by atoms with van der Waals surface area (Å²) in [4.78, 5) is 13.8. The average Bonchev–Trinajstić information content (AvgIpc) is 2.39. The van der Waals surface area contributed by atoms with Gasteiger partial charge in [-0.3, -0.25) is 0 Å². The number of amides is 2. The zero-order valence-electron chi connectivity index (χ0n) is 11.2. The Morgan fingerprint density at radius 3 is 2.50 bits per heavy atom. The molecule has 2 amide bonds. The lowest BCUT2D eigenvalue weighted by Gasteiger charge is -2.32. The van der Waals surface area contributed by atoms with Gasteiger partial charge in [-0.25, -0.2) is 4.79 Å². The standard InChI is InChI=1S/C14H24N2O2/c1-4-10-16(11-5-2)14(17)15-12-8-6-7-9-13(12)18-3/h4-5,12-13H,1-2,6-11H2,3H3,(H,15,17). The van der Waals surface area contributed by atoms with Gasteiger partial charge in [-0.1, -0.05) is 25.0 Å². The molecule has 1 N–H and O–H groups in total. The quantitative estimate of drug-likeness (QED) is 0.737. The number of nitrogens with zero attached hydrogens (tertiary/aromatic N) is 1. The molecule has 0 aromatic heterocycles. The predicted octanol–water partition coefficient (Wildman–Crippen LogP) is 2.33.